The van der Waals surface area contributed by atoms with Gasteiger partial charge in [0.2, 0.25) is 0 Å². The van der Waals surface area contributed by atoms with Crippen molar-refractivity contribution in [1.29, 1.82) is 0 Å². The van der Waals surface area contributed by atoms with Crippen LogP contribution in [0.15, 0.2) is 18.2 Å². The molecule has 0 fully saturated rings. The van der Waals surface area contributed by atoms with Crippen molar-refractivity contribution in [2.75, 3.05) is 6.61 Å². The van der Waals surface area contributed by atoms with Gasteiger partial charge >= 0.3 is 6.03 Å². The van der Waals surface area contributed by atoms with Crippen LogP contribution in [0.1, 0.15) is 31.9 Å². The molecule has 0 aliphatic carbocycles. The number of carbonyl (C=O) groups is 2. The van der Waals surface area contributed by atoms with Gasteiger partial charge in [0.15, 0.2) is 6.61 Å². The van der Waals surface area contributed by atoms with Crippen molar-refractivity contribution in [3.05, 3.63) is 23.8 Å². The molecule has 1 aliphatic rings. The first-order valence-electron chi connectivity index (χ1n) is 6.57. The van der Waals surface area contributed by atoms with Crippen molar-refractivity contribution < 1.29 is 19.1 Å². The molecule has 3 amide bonds. The molecule has 1 aromatic rings. The zero-order valence-electron chi connectivity index (χ0n) is 12.0. The molecule has 0 aromatic heterocycles. The fraction of sp³-hybridized carbons (Fsp3) is 0.429. The van der Waals surface area contributed by atoms with Gasteiger partial charge in [0, 0.05) is 24.1 Å². The Morgan fingerprint density at radius 1 is 1.48 bits per heavy atom. The maximum atomic E-state index is 11.3. The van der Waals surface area contributed by atoms with Gasteiger partial charge < -0.3 is 20.9 Å². The second kappa shape index (κ2) is 5.61. The average Bonchev–Trinajstić information content (AvgIpc) is 2.33. The Labute approximate surface area is 122 Å². The summed E-state index contributed by atoms with van der Waals surface area (Å²) in [5.41, 5.74) is 11.5. The molecule has 0 radical (unpaired) electrons. The molecule has 21 heavy (non-hydrogen) atoms. The molecule has 0 saturated heterocycles. The molecule has 0 spiro atoms. The summed E-state index contributed by atoms with van der Waals surface area (Å²) in [6.45, 7) is 3.62. The number of carbonyl (C=O) groups excluding carboxylic acids is 2. The van der Waals surface area contributed by atoms with Crippen molar-refractivity contribution in [1.82, 2.24) is 5.32 Å². The largest absolute Gasteiger partial charge is 0.487 e. The summed E-state index contributed by atoms with van der Waals surface area (Å²) >= 11 is 0. The fourth-order valence-corrected chi connectivity index (χ4v) is 2.30. The summed E-state index contributed by atoms with van der Waals surface area (Å²) in [6, 6.07) is 4.20. The van der Waals surface area contributed by atoms with Crippen LogP contribution in [0.2, 0.25) is 0 Å². The fourth-order valence-electron chi connectivity index (χ4n) is 2.30. The summed E-state index contributed by atoms with van der Waals surface area (Å²) < 4.78 is 11.2. The first kappa shape index (κ1) is 15.1. The Bertz CT molecular complexity index is 571. The first-order valence-corrected chi connectivity index (χ1v) is 6.57. The van der Waals surface area contributed by atoms with E-state index in [-0.39, 0.29) is 18.2 Å². The van der Waals surface area contributed by atoms with E-state index in [9.17, 15) is 9.59 Å². The highest BCUT2D eigenvalue weighted by Crippen LogP contribution is 2.39. The monoisotopic (exact) mass is 293 g/mol. The Balaban J connectivity index is 2.07. The molecule has 1 aromatic carbocycles. The number of urea groups is 1. The SMILES string of the molecule is CC1(C)CC(N)c2ccc(OCC(=O)NC(N)=O)cc2O1. The van der Waals surface area contributed by atoms with E-state index in [1.807, 2.05) is 25.2 Å². The number of amides is 3. The van der Waals surface area contributed by atoms with E-state index in [4.69, 9.17) is 20.9 Å². The standard InChI is InChI=1S/C14H19N3O4/c1-14(2)6-10(15)9-4-3-8(5-11(9)21-14)20-7-12(18)17-13(16)19/h3-5,10H,6-7,15H2,1-2H3,(H3,16,17,18,19). The molecule has 1 atom stereocenters. The van der Waals surface area contributed by atoms with Gasteiger partial charge in [-0.2, -0.15) is 0 Å². The molecule has 0 saturated carbocycles. The molecule has 1 heterocycles. The minimum Gasteiger partial charge on any atom is -0.487 e. The third kappa shape index (κ3) is 3.85. The number of primary amides is 1. The maximum Gasteiger partial charge on any atom is 0.318 e. The van der Waals surface area contributed by atoms with Crippen LogP contribution in [0.5, 0.6) is 11.5 Å². The third-order valence-corrected chi connectivity index (χ3v) is 3.11. The number of hydrogen-bond donors (Lipinski definition) is 3. The van der Waals surface area contributed by atoms with E-state index in [2.05, 4.69) is 0 Å². The average molecular weight is 293 g/mol. The van der Waals surface area contributed by atoms with Crippen LogP contribution in [0.3, 0.4) is 0 Å². The number of ether oxygens (including phenoxy) is 2. The molecule has 0 bridgehead atoms. The zero-order valence-corrected chi connectivity index (χ0v) is 12.0. The Hall–Kier alpha value is -2.28. The predicted octanol–water partition coefficient (Wildman–Crippen LogP) is 0.821. The van der Waals surface area contributed by atoms with Crippen molar-refractivity contribution in [3.63, 3.8) is 0 Å². The van der Waals surface area contributed by atoms with E-state index < -0.39 is 11.9 Å². The summed E-state index contributed by atoms with van der Waals surface area (Å²) in [5, 5.41) is 1.92. The van der Waals surface area contributed by atoms with Gasteiger partial charge in [-0.1, -0.05) is 6.07 Å². The van der Waals surface area contributed by atoms with Crippen molar-refractivity contribution in [2.24, 2.45) is 11.5 Å². The second-order valence-corrected chi connectivity index (χ2v) is 5.57. The molecule has 7 nitrogen and oxygen atoms in total. The van der Waals surface area contributed by atoms with Gasteiger partial charge in [0.05, 0.1) is 0 Å². The number of benzene rings is 1. The first-order chi connectivity index (χ1) is 9.77. The summed E-state index contributed by atoms with van der Waals surface area (Å²) in [6.07, 6.45) is 0.723. The van der Waals surface area contributed by atoms with Crippen molar-refractivity contribution in [3.8, 4) is 11.5 Å². The molecule has 2 rings (SSSR count). The molecular weight excluding hydrogens is 274 g/mol. The summed E-state index contributed by atoms with van der Waals surface area (Å²) in [5.74, 6) is 0.489. The zero-order chi connectivity index (χ0) is 15.6. The van der Waals surface area contributed by atoms with Gasteiger partial charge in [-0.05, 0) is 19.9 Å². The van der Waals surface area contributed by atoms with Crippen LogP contribution in [0, 0.1) is 0 Å². The minimum atomic E-state index is -0.912. The van der Waals surface area contributed by atoms with Crippen LogP contribution in [-0.2, 0) is 4.79 Å². The van der Waals surface area contributed by atoms with Crippen LogP contribution in [0.4, 0.5) is 4.79 Å². The Morgan fingerprint density at radius 2 is 2.19 bits per heavy atom. The van der Waals surface area contributed by atoms with Crippen LogP contribution in [0.25, 0.3) is 0 Å². The smallest absolute Gasteiger partial charge is 0.318 e. The minimum absolute atomic E-state index is 0.101. The lowest BCUT2D eigenvalue weighted by Gasteiger charge is -2.36. The lowest BCUT2D eigenvalue weighted by Crippen LogP contribution is -2.38. The molecule has 7 heteroatoms. The summed E-state index contributed by atoms with van der Waals surface area (Å²) in [4.78, 5) is 21.8. The molecule has 5 N–H and O–H groups in total. The van der Waals surface area contributed by atoms with Crippen LogP contribution >= 0.6 is 0 Å². The maximum absolute atomic E-state index is 11.3. The van der Waals surface area contributed by atoms with Crippen molar-refractivity contribution in [2.45, 2.75) is 31.9 Å². The number of fused-ring (bicyclic) bond motifs is 1. The number of imide groups is 1. The van der Waals surface area contributed by atoms with Gasteiger partial charge in [0.25, 0.3) is 5.91 Å². The van der Waals surface area contributed by atoms with E-state index in [1.165, 1.54) is 0 Å². The highest BCUT2D eigenvalue weighted by Gasteiger charge is 2.31. The Kier molecular flexibility index (Phi) is 4.04. The lowest BCUT2D eigenvalue weighted by atomic mass is 9.90. The normalized spacial score (nSPS) is 19.1. The topological polar surface area (TPSA) is 117 Å². The second-order valence-electron chi connectivity index (χ2n) is 5.57. The number of nitrogens with two attached hydrogens (primary N) is 2. The van der Waals surface area contributed by atoms with Crippen molar-refractivity contribution >= 4 is 11.9 Å². The van der Waals surface area contributed by atoms with E-state index in [0.717, 1.165) is 12.0 Å². The lowest BCUT2D eigenvalue weighted by molar-refractivity contribution is -0.121. The van der Waals surface area contributed by atoms with E-state index in [1.54, 1.807) is 12.1 Å². The highest BCUT2D eigenvalue weighted by molar-refractivity contribution is 5.94. The number of hydrogen-bond acceptors (Lipinski definition) is 5. The third-order valence-electron chi connectivity index (χ3n) is 3.11. The predicted molar refractivity (Wildman–Crippen MR) is 75.9 cm³/mol. The van der Waals surface area contributed by atoms with E-state index >= 15 is 0 Å². The van der Waals surface area contributed by atoms with Crippen LogP contribution < -0.4 is 26.3 Å². The van der Waals surface area contributed by atoms with Gasteiger partial charge in [-0.3, -0.25) is 10.1 Å². The quantitative estimate of drug-likeness (QED) is 0.762. The number of nitrogens with one attached hydrogen (secondary N) is 1. The van der Waals surface area contributed by atoms with E-state index in [0.29, 0.717) is 11.5 Å². The van der Waals surface area contributed by atoms with Gasteiger partial charge in [-0.15, -0.1) is 0 Å². The van der Waals surface area contributed by atoms with Gasteiger partial charge in [0.1, 0.15) is 17.1 Å². The number of rotatable bonds is 3. The Morgan fingerprint density at radius 3 is 2.86 bits per heavy atom. The highest BCUT2D eigenvalue weighted by atomic mass is 16.5. The van der Waals surface area contributed by atoms with Crippen LogP contribution in [-0.4, -0.2) is 24.1 Å². The van der Waals surface area contributed by atoms with Gasteiger partial charge in [-0.25, -0.2) is 4.79 Å². The summed E-state index contributed by atoms with van der Waals surface area (Å²) in [7, 11) is 0. The molecule has 1 aliphatic heterocycles. The molecule has 114 valence electrons. The molecular formula is C14H19N3O4. The molecule has 1 unspecified atom stereocenters.